The molecule has 0 aliphatic carbocycles. The Hall–Kier alpha value is -2.90. The van der Waals surface area contributed by atoms with Crippen LogP contribution < -0.4 is 4.74 Å². The van der Waals surface area contributed by atoms with Crippen LogP contribution in [0.25, 0.3) is 11.4 Å². The Labute approximate surface area is 186 Å². The van der Waals surface area contributed by atoms with Crippen LogP contribution in [0.5, 0.6) is 5.75 Å². The molecule has 0 N–H and O–H groups in total. The Morgan fingerprint density at radius 1 is 1.16 bits per heavy atom. The highest BCUT2D eigenvalue weighted by Gasteiger charge is 2.27. The maximum absolute atomic E-state index is 12.7. The molecule has 1 saturated heterocycles. The zero-order valence-electron chi connectivity index (χ0n) is 17.6. The third-order valence-corrected chi connectivity index (χ3v) is 5.51. The van der Waals surface area contributed by atoms with Gasteiger partial charge in [-0.05, 0) is 32.0 Å². The molecule has 1 atom stereocenters. The van der Waals surface area contributed by atoms with Crippen LogP contribution in [0.1, 0.15) is 18.4 Å². The lowest BCUT2D eigenvalue weighted by Gasteiger charge is -2.35. The second-order valence-electron chi connectivity index (χ2n) is 7.70. The van der Waals surface area contributed by atoms with Gasteiger partial charge in [0.05, 0.1) is 6.54 Å². The molecule has 4 rings (SSSR count). The second-order valence-corrected chi connectivity index (χ2v) is 8.13. The molecule has 1 amide bonds. The molecule has 1 unspecified atom stereocenters. The van der Waals surface area contributed by atoms with Crippen molar-refractivity contribution < 1.29 is 14.1 Å². The number of carbonyl (C=O) groups excluding carboxylic acids is 1. The molecule has 2 aromatic carbocycles. The average Bonchev–Trinajstić information content (AvgIpc) is 3.23. The average molecular weight is 441 g/mol. The summed E-state index contributed by atoms with van der Waals surface area (Å²) >= 11 is 5.98. The highest BCUT2D eigenvalue weighted by atomic mass is 35.5. The number of carbonyl (C=O) groups is 1. The summed E-state index contributed by atoms with van der Waals surface area (Å²) in [7, 11) is 0. The number of hydrogen-bond acceptors (Lipinski definition) is 6. The van der Waals surface area contributed by atoms with Gasteiger partial charge in [0.15, 0.2) is 6.10 Å². The number of nitrogens with zero attached hydrogens (tertiary/aromatic N) is 4. The molecule has 7 nitrogen and oxygen atoms in total. The van der Waals surface area contributed by atoms with E-state index in [1.165, 1.54) is 5.56 Å². The molecule has 1 fully saturated rings. The van der Waals surface area contributed by atoms with Gasteiger partial charge in [-0.15, -0.1) is 0 Å². The van der Waals surface area contributed by atoms with Crippen LogP contribution in [0.3, 0.4) is 0 Å². The molecule has 31 heavy (non-hydrogen) atoms. The summed E-state index contributed by atoms with van der Waals surface area (Å²) in [5, 5.41) is 4.67. The van der Waals surface area contributed by atoms with Crippen molar-refractivity contribution in [3.8, 4) is 17.1 Å². The van der Waals surface area contributed by atoms with Crippen molar-refractivity contribution in [3.63, 3.8) is 0 Å². The number of halogens is 1. The lowest BCUT2D eigenvalue weighted by Crippen LogP contribution is -2.51. The summed E-state index contributed by atoms with van der Waals surface area (Å²) in [5.74, 6) is 1.73. The van der Waals surface area contributed by atoms with Crippen LogP contribution >= 0.6 is 11.6 Å². The summed E-state index contributed by atoms with van der Waals surface area (Å²) in [6.45, 7) is 7.09. The molecule has 8 heteroatoms. The van der Waals surface area contributed by atoms with Gasteiger partial charge in [0, 0.05) is 36.8 Å². The van der Waals surface area contributed by atoms with Crippen LogP contribution in [0.4, 0.5) is 0 Å². The maximum atomic E-state index is 12.7. The molecule has 0 radical (unpaired) electrons. The van der Waals surface area contributed by atoms with Crippen molar-refractivity contribution in [3.05, 3.63) is 65.0 Å². The number of aryl methyl sites for hydroxylation is 1. The first kappa shape index (κ1) is 21.3. The monoisotopic (exact) mass is 440 g/mol. The number of hydrogen-bond donors (Lipinski definition) is 0. The SMILES string of the molecule is Cc1ccc(-c2noc(CN3CCN(C(=O)C(C)Oc4cccc(Cl)c4)CC3)n2)cc1. The predicted octanol–water partition coefficient (Wildman–Crippen LogP) is 3.81. The van der Waals surface area contributed by atoms with Crippen LogP contribution in [0.2, 0.25) is 5.02 Å². The third kappa shape index (κ3) is 5.42. The minimum absolute atomic E-state index is 0.0286. The lowest BCUT2D eigenvalue weighted by atomic mass is 10.1. The standard InChI is InChI=1S/C23H25ClN4O3/c1-16-6-8-18(9-7-16)22-25-21(31-26-22)15-27-10-12-28(13-11-27)23(29)17(2)30-20-5-3-4-19(24)14-20/h3-9,14,17H,10-13,15H2,1-2H3. The van der Waals surface area contributed by atoms with Gasteiger partial charge in [-0.3, -0.25) is 9.69 Å². The van der Waals surface area contributed by atoms with Crippen molar-refractivity contribution >= 4 is 17.5 Å². The summed E-state index contributed by atoms with van der Waals surface area (Å²) in [4.78, 5) is 21.3. The van der Waals surface area contributed by atoms with Crippen LogP contribution in [0, 0.1) is 6.92 Å². The molecule has 2 heterocycles. The van der Waals surface area contributed by atoms with Gasteiger partial charge < -0.3 is 14.2 Å². The van der Waals surface area contributed by atoms with Crippen molar-refractivity contribution in [2.75, 3.05) is 26.2 Å². The number of benzene rings is 2. The largest absolute Gasteiger partial charge is 0.481 e. The number of amides is 1. The molecule has 1 aliphatic heterocycles. The van der Waals surface area contributed by atoms with E-state index >= 15 is 0 Å². The third-order valence-electron chi connectivity index (χ3n) is 5.28. The minimum atomic E-state index is -0.571. The Balaban J connectivity index is 1.27. The first-order valence-corrected chi connectivity index (χ1v) is 10.7. The fourth-order valence-corrected chi connectivity index (χ4v) is 3.69. The van der Waals surface area contributed by atoms with Gasteiger partial charge in [-0.2, -0.15) is 4.98 Å². The first-order valence-electron chi connectivity index (χ1n) is 10.3. The van der Waals surface area contributed by atoms with Gasteiger partial charge >= 0.3 is 0 Å². The van der Waals surface area contributed by atoms with Gasteiger partial charge in [0.2, 0.25) is 11.7 Å². The quantitative estimate of drug-likeness (QED) is 0.580. The Morgan fingerprint density at radius 2 is 1.90 bits per heavy atom. The molecule has 162 valence electrons. The van der Waals surface area contributed by atoms with Gasteiger partial charge in [0.1, 0.15) is 5.75 Å². The van der Waals surface area contributed by atoms with Crippen molar-refractivity contribution in [1.82, 2.24) is 19.9 Å². The van der Waals surface area contributed by atoms with E-state index < -0.39 is 6.10 Å². The van der Waals surface area contributed by atoms with Crippen molar-refractivity contribution in [2.24, 2.45) is 0 Å². The molecule has 0 saturated carbocycles. The number of ether oxygens (including phenoxy) is 1. The van der Waals surface area contributed by atoms with E-state index in [2.05, 4.69) is 15.0 Å². The summed E-state index contributed by atoms with van der Waals surface area (Å²) < 4.78 is 11.2. The normalized spacial score (nSPS) is 15.6. The molecular weight excluding hydrogens is 416 g/mol. The smallest absolute Gasteiger partial charge is 0.263 e. The van der Waals surface area contributed by atoms with E-state index in [0.29, 0.717) is 42.1 Å². The van der Waals surface area contributed by atoms with Gasteiger partial charge in [0.25, 0.3) is 5.91 Å². The predicted molar refractivity (Wildman–Crippen MR) is 118 cm³/mol. The minimum Gasteiger partial charge on any atom is -0.481 e. The molecule has 1 aliphatic rings. The van der Waals surface area contributed by atoms with Gasteiger partial charge in [-0.25, -0.2) is 0 Å². The number of piperazine rings is 1. The zero-order valence-corrected chi connectivity index (χ0v) is 18.4. The molecular formula is C23H25ClN4O3. The lowest BCUT2D eigenvalue weighted by molar-refractivity contribution is -0.139. The van der Waals surface area contributed by atoms with E-state index in [0.717, 1.165) is 18.7 Å². The molecule has 3 aromatic rings. The first-order chi connectivity index (χ1) is 15.0. The fourth-order valence-electron chi connectivity index (χ4n) is 3.51. The second kappa shape index (κ2) is 9.49. The fraction of sp³-hybridized carbons (Fsp3) is 0.348. The van der Waals surface area contributed by atoms with E-state index in [9.17, 15) is 4.79 Å². The maximum Gasteiger partial charge on any atom is 0.263 e. The topological polar surface area (TPSA) is 71.7 Å². The van der Waals surface area contributed by atoms with Gasteiger partial charge in [-0.1, -0.05) is 52.7 Å². The van der Waals surface area contributed by atoms with E-state index in [1.807, 2.05) is 36.1 Å². The van der Waals surface area contributed by atoms with E-state index in [1.54, 1.807) is 31.2 Å². The summed E-state index contributed by atoms with van der Waals surface area (Å²) in [6, 6.07) is 15.1. The Bertz CT molecular complexity index is 1030. The van der Waals surface area contributed by atoms with Crippen molar-refractivity contribution in [1.29, 1.82) is 0 Å². The Kier molecular flexibility index (Phi) is 6.53. The Morgan fingerprint density at radius 3 is 2.61 bits per heavy atom. The molecule has 0 bridgehead atoms. The summed E-state index contributed by atoms with van der Waals surface area (Å²) in [6.07, 6.45) is -0.571. The van der Waals surface area contributed by atoms with Crippen molar-refractivity contribution in [2.45, 2.75) is 26.5 Å². The van der Waals surface area contributed by atoms with Crippen LogP contribution in [-0.4, -0.2) is 58.1 Å². The van der Waals surface area contributed by atoms with E-state index in [4.69, 9.17) is 20.9 Å². The molecule has 1 aromatic heterocycles. The highest BCUT2D eigenvalue weighted by molar-refractivity contribution is 6.30. The molecule has 0 spiro atoms. The number of rotatable bonds is 6. The number of aromatic nitrogens is 2. The van der Waals surface area contributed by atoms with Crippen LogP contribution in [0.15, 0.2) is 53.1 Å². The zero-order chi connectivity index (χ0) is 21.8. The van der Waals surface area contributed by atoms with E-state index in [-0.39, 0.29) is 5.91 Å². The highest BCUT2D eigenvalue weighted by Crippen LogP contribution is 2.20. The summed E-state index contributed by atoms with van der Waals surface area (Å²) in [5.41, 5.74) is 2.12. The van der Waals surface area contributed by atoms with Crippen LogP contribution in [-0.2, 0) is 11.3 Å².